The van der Waals surface area contributed by atoms with Crippen LogP contribution in [0.1, 0.15) is 37.8 Å². The van der Waals surface area contributed by atoms with E-state index in [1.165, 1.54) is 18.8 Å². The Morgan fingerprint density at radius 3 is 2.78 bits per heavy atom. The van der Waals surface area contributed by atoms with E-state index in [9.17, 15) is 4.79 Å². The first-order valence-corrected chi connectivity index (χ1v) is 6.28. The van der Waals surface area contributed by atoms with Gasteiger partial charge in [-0.3, -0.25) is 20.2 Å². The molecule has 1 aliphatic carbocycles. The SMILES string of the molecule is N=C(COC(=O)C1CCCCC1)c1cnccn1. The Hall–Kier alpha value is -1.78. The average Bonchev–Trinajstić information content (AvgIpc) is 2.46. The lowest BCUT2D eigenvalue weighted by atomic mass is 9.89. The minimum Gasteiger partial charge on any atom is -0.459 e. The Labute approximate surface area is 106 Å². The molecule has 1 aliphatic rings. The van der Waals surface area contributed by atoms with E-state index in [0.29, 0.717) is 5.69 Å². The second-order valence-electron chi connectivity index (χ2n) is 4.51. The van der Waals surface area contributed by atoms with Crippen molar-refractivity contribution in [3.8, 4) is 0 Å². The summed E-state index contributed by atoms with van der Waals surface area (Å²) in [5.74, 6) is -0.156. The molecule has 18 heavy (non-hydrogen) atoms. The Morgan fingerprint density at radius 1 is 1.33 bits per heavy atom. The van der Waals surface area contributed by atoms with Gasteiger partial charge in [0.2, 0.25) is 0 Å². The molecule has 0 atom stereocenters. The number of ether oxygens (including phenoxy) is 1. The Kier molecular flexibility index (Phi) is 4.39. The van der Waals surface area contributed by atoms with Crippen molar-refractivity contribution in [2.24, 2.45) is 5.92 Å². The molecule has 2 rings (SSSR count). The van der Waals surface area contributed by atoms with Gasteiger partial charge in [-0.15, -0.1) is 0 Å². The van der Waals surface area contributed by atoms with E-state index in [2.05, 4.69) is 9.97 Å². The van der Waals surface area contributed by atoms with Crippen molar-refractivity contribution < 1.29 is 9.53 Å². The normalized spacial score (nSPS) is 16.2. The molecule has 1 aromatic rings. The summed E-state index contributed by atoms with van der Waals surface area (Å²) >= 11 is 0. The Bertz CT molecular complexity index is 414. The van der Waals surface area contributed by atoms with Gasteiger partial charge in [-0.05, 0) is 12.8 Å². The van der Waals surface area contributed by atoms with Crippen molar-refractivity contribution in [3.05, 3.63) is 24.3 Å². The second-order valence-corrected chi connectivity index (χ2v) is 4.51. The fourth-order valence-corrected chi connectivity index (χ4v) is 2.13. The number of hydrogen-bond donors (Lipinski definition) is 1. The molecule has 1 fully saturated rings. The van der Waals surface area contributed by atoms with Gasteiger partial charge in [0.25, 0.3) is 0 Å². The van der Waals surface area contributed by atoms with Gasteiger partial charge in [-0.1, -0.05) is 19.3 Å². The number of carbonyl (C=O) groups is 1. The highest BCUT2D eigenvalue weighted by Gasteiger charge is 2.22. The van der Waals surface area contributed by atoms with Crippen LogP contribution in [0.5, 0.6) is 0 Å². The lowest BCUT2D eigenvalue weighted by molar-refractivity contribution is -0.147. The quantitative estimate of drug-likeness (QED) is 0.652. The highest BCUT2D eigenvalue weighted by atomic mass is 16.5. The predicted molar refractivity (Wildman–Crippen MR) is 66.4 cm³/mol. The van der Waals surface area contributed by atoms with E-state index in [-0.39, 0.29) is 24.2 Å². The van der Waals surface area contributed by atoms with Gasteiger partial charge < -0.3 is 4.74 Å². The monoisotopic (exact) mass is 247 g/mol. The Balaban J connectivity index is 1.80. The molecule has 1 heterocycles. The van der Waals surface area contributed by atoms with E-state index in [1.807, 2.05) is 0 Å². The molecule has 5 heteroatoms. The first-order valence-electron chi connectivity index (χ1n) is 6.28. The molecule has 1 N–H and O–H groups in total. The highest BCUT2D eigenvalue weighted by molar-refractivity contribution is 5.98. The van der Waals surface area contributed by atoms with Gasteiger partial charge in [0, 0.05) is 12.4 Å². The molecule has 1 saturated carbocycles. The van der Waals surface area contributed by atoms with Crippen LogP contribution in [-0.2, 0) is 9.53 Å². The standard InChI is InChI=1S/C13H17N3O2/c14-11(12-8-15-6-7-16-12)9-18-13(17)10-4-2-1-3-5-10/h6-8,10,14H,1-5,9H2. The zero-order valence-corrected chi connectivity index (χ0v) is 10.3. The van der Waals surface area contributed by atoms with Crippen LogP contribution in [0, 0.1) is 11.3 Å². The third-order valence-corrected chi connectivity index (χ3v) is 3.17. The Morgan fingerprint density at radius 2 is 2.11 bits per heavy atom. The van der Waals surface area contributed by atoms with E-state index in [4.69, 9.17) is 10.1 Å². The summed E-state index contributed by atoms with van der Waals surface area (Å²) in [7, 11) is 0. The van der Waals surface area contributed by atoms with E-state index < -0.39 is 0 Å². The van der Waals surface area contributed by atoms with Crippen LogP contribution in [-0.4, -0.2) is 28.3 Å². The number of nitrogens with one attached hydrogen (secondary N) is 1. The molecule has 0 radical (unpaired) electrons. The number of carbonyl (C=O) groups excluding carboxylic acids is 1. The number of hydrogen-bond acceptors (Lipinski definition) is 5. The third kappa shape index (κ3) is 3.35. The number of nitrogens with zero attached hydrogens (tertiary/aromatic N) is 2. The van der Waals surface area contributed by atoms with Crippen molar-refractivity contribution in [1.82, 2.24) is 9.97 Å². The second kappa shape index (κ2) is 6.23. The molecule has 0 amide bonds. The van der Waals surface area contributed by atoms with Gasteiger partial charge in [0.1, 0.15) is 12.3 Å². The molecule has 5 nitrogen and oxygen atoms in total. The van der Waals surface area contributed by atoms with Gasteiger partial charge in [0.05, 0.1) is 17.8 Å². The first-order chi connectivity index (χ1) is 8.77. The zero-order valence-electron chi connectivity index (χ0n) is 10.3. The fourth-order valence-electron chi connectivity index (χ4n) is 2.13. The summed E-state index contributed by atoms with van der Waals surface area (Å²) in [6.07, 6.45) is 9.80. The first kappa shape index (κ1) is 12.7. The summed E-state index contributed by atoms with van der Waals surface area (Å²) in [6, 6.07) is 0. The molecule has 96 valence electrons. The van der Waals surface area contributed by atoms with Crippen molar-refractivity contribution in [1.29, 1.82) is 5.41 Å². The summed E-state index contributed by atoms with van der Waals surface area (Å²) in [6.45, 7) is -0.0198. The van der Waals surface area contributed by atoms with E-state index in [1.54, 1.807) is 6.20 Å². The number of esters is 1. The largest absolute Gasteiger partial charge is 0.459 e. The predicted octanol–water partition coefficient (Wildman–Crippen LogP) is 1.97. The molecule has 0 unspecified atom stereocenters. The minimum atomic E-state index is -0.177. The van der Waals surface area contributed by atoms with Crippen LogP contribution in [0.25, 0.3) is 0 Å². The molecule has 0 bridgehead atoms. The van der Waals surface area contributed by atoms with Crippen LogP contribution in [0.15, 0.2) is 18.6 Å². The van der Waals surface area contributed by atoms with E-state index >= 15 is 0 Å². The maximum absolute atomic E-state index is 11.8. The van der Waals surface area contributed by atoms with Crippen LogP contribution in [0.3, 0.4) is 0 Å². The van der Waals surface area contributed by atoms with Crippen LogP contribution in [0.2, 0.25) is 0 Å². The highest BCUT2D eigenvalue weighted by Crippen LogP contribution is 2.24. The van der Waals surface area contributed by atoms with Gasteiger partial charge in [0.15, 0.2) is 0 Å². The summed E-state index contributed by atoms with van der Waals surface area (Å²) in [4.78, 5) is 19.6. The van der Waals surface area contributed by atoms with Crippen molar-refractivity contribution in [3.63, 3.8) is 0 Å². The fraction of sp³-hybridized carbons (Fsp3) is 0.538. The van der Waals surface area contributed by atoms with Gasteiger partial charge in [-0.25, -0.2) is 0 Å². The van der Waals surface area contributed by atoms with Crippen LogP contribution >= 0.6 is 0 Å². The van der Waals surface area contributed by atoms with Gasteiger partial charge in [-0.2, -0.15) is 0 Å². The van der Waals surface area contributed by atoms with Crippen molar-refractivity contribution >= 4 is 11.7 Å². The maximum Gasteiger partial charge on any atom is 0.309 e. The van der Waals surface area contributed by atoms with E-state index in [0.717, 1.165) is 25.7 Å². The van der Waals surface area contributed by atoms with Crippen molar-refractivity contribution in [2.75, 3.05) is 6.61 Å². The molecule has 0 aliphatic heterocycles. The lowest BCUT2D eigenvalue weighted by Gasteiger charge is -2.19. The molecule has 0 spiro atoms. The number of aromatic nitrogens is 2. The molecule has 0 aromatic carbocycles. The maximum atomic E-state index is 11.8. The van der Waals surface area contributed by atoms with Crippen LogP contribution < -0.4 is 0 Å². The smallest absolute Gasteiger partial charge is 0.309 e. The third-order valence-electron chi connectivity index (χ3n) is 3.17. The molecular weight excluding hydrogens is 230 g/mol. The lowest BCUT2D eigenvalue weighted by Crippen LogP contribution is -2.23. The van der Waals surface area contributed by atoms with Crippen LogP contribution in [0.4, 0.5) is 0 Å². The summed E-state index contributed by atoms with van der Waals surface area (Å²) < 4.78 is 5.17. The summed E-state index contributed by atoms with van der Waals surface area (Å²) in [5.41, 5.74) is 0.640. The topological polar surface area (TPSA) is 75.9 Å². The summed E-state index contributed by atoms with van der Waals surface area (Å²) in [5, 5.41) is 7.76. The molecule has 0 saturated heterocycles. The van der Waals surface area contributed by atoms with Gasteiger partial charge >= 0.3 is 5.97 Å². The molecule has 1 aromatic heterocycles. The van der Waals surface area contributed by atoms with Crippen molar-refractivity contribution in [2.45, 2.75) is 32.1 Å². The zero-order chi connectivity index (χ0) is 12.8. The molecular formula is C13H17N3O2. The average molecular weight is 247 g/mol. The number of rotatable bonds is 4. The minimum absolute atomic E-state index is 0.0198.